The van der Waals surface area contributed by atoms with Crippen LogP contribution in [0.2, 0.25) is 0 Å². The maximum absolute atomic E-state index is 11.0. The molecule has 0 amide bonds. The number of hydrogen-bond donors (Lipinski definition) is 0. The molecule has 0 spiro atoms. The van der Waals surface area contributed by atoms with E-state index in [1.807, 2.05) is 0 Å². The second-order valence-electron chi connectivity index (χ2n) is 2.24. The summed E-state index contributed by atoms with van der Waals surface area (Å²) in [6.07, 6.45) is 1.43. The molecule has 12 heavy (non-hydrogen) atoms. The summed E-state index contributed by atoms with van der Waals surface area (Å²) in [5.41, 5.74) is -0.00154. The van der Waals surface area contributed by atoms with Crippen LogP contribution in [0.4, 0.5) is 0 Å². The van der Waals surface area contributed by atoms with Crippen molar-refractivity contribution in [3.63, 3.8) is 0 Å². The molecule has 0 bridgehead atoms. The second-order valence-corrected chi connectivity index (χ2v) is 3.59. The van der Waals surface area contributed by atoms with Crippen molar-refractivity contribution in [3.05, 3.63) is 29.8 Å². The lowest BCUT2D eigenvalue weighted by Gasteiger charge is -2.06. The van der Waals surface area contributed by atoms with Crippen LogP contribution < -0.4 is 5.11 Å². The van der Waals surface area contributed by atoms with E-state index < -0.39 is 16.8 Å². The Morgan fingerprint density at radius 1 is 1.42 bits per heavy atom. The minimum absolute atomic E-state index is 0.00154. The molecule has 4 heteroatoms. The van der Waals surface area contributed by atoms with Crippen LogP contribution >= 0.6 is 0 Å². The molecule has 0 N–H and O–H groups in total. The lowest BCUT2D eigenvalue weighted by molar-refractivity contribution is -0.255. The third kappa shape index (κ3) is 1.71. The number of carboxylic acid groups (broad SMARTS) is 1. The van der Waals surface area contributed by atoms with Crippen molar-refractivity contribution in [3.8, 4) is 0 Å². The predicted octanol–water partition coefficient (Wildman–Crippen LogP) is -0.213. The Kier molecular flexibility index (Phi) is 2.60. The average molecular weight is 183 g/mol. The van der Waals surface area contributed by atoms with E-state index in [1.165, 1.54) is 18.4 Å². The van der Waals surface area contributed by atoms with Gasteiger partial charge in [0.2, 0.25) is 0 Å². The van der Waals surface area contributed by atoms with Crippen molar-refractivity contribution >= 4 is 16.8 Å². The average Bonchev–Trinajstić information content (AvgIpc) is 2.04. The smallest absolute Gasteiger partial charge is 0.0727 e. The number of carbonyl (C=O) groups excluding carboxylic acids is 1. The fourth-order valence-corrected chi connectivity index (χ4v) is 1.62. The first kappa shape index (κ1) is 8.93. The van der Waals surface area contributed by atoms with E-state index in [2.05, 4.69) is 0 Å². The van der Waals surface area contributed by atoms with Gasteiger partial charge in [-0.1, -0.05) is 18.2 Å². The Labute approximate surface area is 72.5 Å². The molecule has 0 unspecified atom stereocenters. The summed E-state index contributed by atoms with van der Waals surface area (Å²) < 4.78 is 11.0. The van der Waals surface area contributed by atoms with E-state index in [0.717, 1.165) is 0 Å². The third-order valence-electron chi connectivity index (χ3n) is 1.42. The maximum Gasteiger partial charge on any atom is 0.0727 e. The van der Waals surface area contributed by atoms with Gasteiger partial charge in [-0.3, -0.25) is 4.21 Å². The number of rotatable bonds is 2. The molecule has 0 aliphatic carbocycles. The van der Waals surface area contributed by atoms with Crippen LogP contribution in [0.5, 0.6) is 0 Å². The minimum Gasteiger partial charge on any atom is -0.545 e. The Balaban J connectivity index is 3.27. The molecular formula is C8H7O3S-. The molecule has 64 valence electrons. The van der Waals surface area contributed by atoms with Gasteiger partial charge in [-0.15, -0.1) is 0 Å². The van der Waals surface area contributed by atoms with Gasteiger partial charge in [0.1, 0.15) is 0 Å². The Morgan fingerprint density at radius 2 is 2.00 bits per heavy atom. The Hall–Kier alpha value is -1.16. The molecule has 0 saturated heterocycles. The van der Waals surface area contributed by atoms with Crippen molar-refractivity contribution in [1.82, 2.24) is 0 Å². The zero-order valence-electron chi connectivity index (χ0n) is 6.44. The van der Waals surface area contributed by atoms with Gasteiger partial charge < -0.3 is 9.90 Å². The summed E-state index contributed by atoms with van der Waals surface area (Å²) in [6.45, 7) is 0. The molecule has 0 radical (unpaired) electrons. The van der Waals surface area contributed by atoms with E-state index in [1.54, 1.807) is 12.1 Å². The molecule has 1 aromatic rings. The van der Waals surface area contributed by atoms with Crippen LogP contribution in [0.25, 0.3) is 0 Å². The molecule has 0 fully saturated rings. The van der Waals surface area contributed by atoms with Crippen LogP contribution in [-0.4, -0.2) is 16.4 Å². The zero-order valence-corrected chi connectivity index (χ0v) is 7.26. The molecular weight excluding hydrogens is 176 g/mol. The lowest BCUT2D eigenvalue weighted by atomic mass is 10.2. The molecule has 1 atom stereocenters. The van der Waals surface area contributed by atoms with Crippen molar-refractivity contribution < 1.29 is 14.1 Å². The van der Waals surface area contributed by atoms with Crippen molar-refractivity contribution in [1.29, 1.82) is 0 Å². The van der Waals surface area contributed by atoms with Crippen LogP contribution in [0, 0.1) is 0 Å². The number of aromatic carboxylic acids is 1. The van der Waals surface area contributed by atoms with E-state index in [0.29, 0.717) is 4.90 Å². The highest BCUT2D eigenvalue weighted by Crippen LogP contribution is 2.10. The number of benzene rings is 1. The van der Waals surface area contributed by atoms with E-state index in [4.69, 9.17) is 0 Å². The SMILES string of the molecule is C[S@](=O)c1ccccc1C(=O)[O-]. The minimum atomic E-state index is -1.29. The summed E-state index contributed by atoms with van der Waals surface area (Å²) >= 11 is 0. The van der Waals surface area contributed by atoms with Crippen LogP contribution in [0.15, 0.2) is 29.2 Å². The monoisotopic (exact) mass is 183 g/mol. The molecule has 1 rings (SSSR count). The third-order valence-corrected chi connectivity index (χ3v) is 2.39. The fraction of sp³-hybridized carbons (Fsp3) is 0.125. The van der Waals surface area contributed by atoms with Crippen molar-refractivity contribution in [2.45, 2.75) is 4.90 Å². The number of carboxylic acids is 1. The topological polar surface area (TPSA) is 57.2 Å². The van der Waals surface area contributed by atoms with Gasteiger partial charge in [-0.05, 0) is 6.07 Å². The standard InChI is InChI=1S/C8H8O3S/c1-12(11)7-5-3-2-4-6(7)8(9)10/h2-5H,1H3,(H,9,10)/p-1/t12-/m0/s1. The predicted molar refractivity (Wildman–Crippen MR) is 43.1 cm³/mol. The first-order chi connectivity index (χ1) is 5.63. The van der Waals surface area contributed by atoms with Gasteiger partial charge in [0.15, 0.2) is 0 Å². The summed E-state index contributed by atoms with van der Waals surface area (Å²) in [7, 11) is -1.28. The van der Waals surface area contributed by atoms with Gasteiger partial charge in [0, 0.05) is 16.7 Å². The molecule has 0 heterocycles. The van der Waals surface area contributed by atoms with E-state index >= 15 is 0 Å². The first-order valence-electron chi connectivity index (χ1n) is 3.26. The Morgan fingerprint density at radius 3 is 2.42 bits per heavy atom. The second kappa shape index (κ2) is 3.49. The highest BCUT2D eigenvalue weighted by Gasteiger charge is 2.04. The largest absolute Gasteiger partial charge is 0.545 e. The highest BCUT2D eigenvalue weighted by atomic mass is 32.2. The number of carbonyl (C=O) groups is 1. The summed E-state index contributed by atoms with van der Waals surface area (Å²) in [5, 5.41) is 10.5. The summed E-state index contributed by atoms with van der Waals surface area (Å²) in [4.78, 5) is 10.8. The quantitative estimate of drug-likeness (QED) is 0.637. The molecule has 1 aromatic carbocycles. The first-order valence-corrected chi connectivity index (χ1v) is 4.82. The maximum atomic E-state index is 11.0. The van der Waals surface area contributed by atoms with Crippen molar-refractivity contribution in [2.24, 2.45) is 0 Å². The van der Waals surface area contributed by atoms with Gasteiger partial charge in [0.25, 0.3) is 0 Å². The molecule has 0 aliphatic rings. The Bertz CT molecular complexity index is 300. The van der Waals surface area contributed by atoms with E-state index in [-0.39, 0.29) is 5.56 Å². The van der Waals surface area contributed by atoms with Gasteiger partial charge >= 0.3 is 0 Å². The van der Waals surface area contributed by atoms with E-state index in [9.17, 15) is 14.1 Å². The zero-order chi connectivity index (χ0) is 9.14. The van der Waals surface area contributed by atoms with Gasteiger partial charge in [-0.2, -0.15) is 0 Å². The van der Waals surface area contributed by atoms with Gasteiger partial charge in [-0.25, -0.2) is 0 Å². The molecule has 0 aromatic heterocycles. The number of hydrogen-bond acceptors (Lipinski definition) is 3. The molecule has 3 nitrogen and oxygen atoms in total. The lowest BCUT2D eigenvalue weighted by Crippen LogP contribution is -2.23. The van der Waals surface area contributed by atoms with Crippen LogP contribution in [-0.2, 0) is 10.8 Å². The fourth-order valence-electron chi connectivity index (χ4n) is 0.886. The summed E-state index contributed by atoms with van der Waals surface area (Å²) in [5.74, 6) is -1.29. The van der Waals surface area contributed by atoms with Crippen LogP contribution in [0.1, 0.15) is 10.4 Å². The van der Waals surface area contributed by atoms with Crippen molar-refractivity contribution in [2.75, 3.05) is 6.26 Å². The van der Waals surface area contributed by atoms with Crippen LogP contribution in [0.3, 0.4) is 0 Å². The molecule has 0 saturated carbocycles. The highest BCUT2D eigenvalue weighted by molar-refractivity contribution is 7.84. The normalized spacial score (nSPS) is 12.4. The summed E-state index contributed by atoms with van der Waals surface area (Å²) in [6, 6.07) is 6.11. The van der Waals surface area contributed by atoms with Gasteiger partial charge in [0.05, 0.1) is 16.8 Å². The molecule has 0 aliphatic heterocycles.